The van der Waals surface area contributed by atoms with Crippen molar-refractivity contribution < 1.29 is 17.9 Å². The van der Waals surface area contributed by atoms with Crippen molar-refractivity contribution in [3.8, 4) is 0 Å². The van der Waals surface area contributed by atoms with Crippen LogP contribution in [0.4, 0.5) is 13.2 Å². The first-order valence-corrected chi connectivity index (χ1v) is 5.75. The molecular weight excluding hydrogens is 233 g/mol. The molecule has 0 saturated carbocycles. The Balaban J connectivity index is 4.80. The molecule has 0 spiro atoms. The minimum absolute atomic E-state index is 0.149. The third-order valence-corrected chi connectivity index (χ3v) is 2.41. The molecule has 0 radical (unpaired) electrons. The minimum atomic E-state index is -4.31. The van der Waals surface area contributed by atoms with Crippen molar-refractivity contribution in [2.45, 2.75) is 39.0 Å². The van der Waals surface area contributed by atoms with Gasteiger partial charge in [-0.15, -0.1) is 0 Å². The topological polar surface area (TPSA) is 38.5 Å². The lowest BCUT2D eigenvalue weighted by atomic mass is 10.1. The summed E-state index contributed by atoms with van der Waals surface area (Å²) >= 11 is 0. The van der Waals surface area contributed by atoms with Gasteiger partial charge in [0.2, 0.25) is 0 Å². The van der Waals surface area contributed by atoms with Crippen LogP contribution in [-0.4, -0.2) is 50.0 Å². The molecule has 0 aromatic carbocycles. The summed E-state index contributed by atoms with van der Waals surface area (Å²) < 4.78 is 43.7. The predicted octanol–water partition coefficient (Wildman–Crippen LogP) is 1.87. The van der Waals surface area contributed by atoms with Gasteiger partial charge >= 0.3 is 6.18 Å². The fourth-order valence-corrected chi connectivity index (χ4v) is 1.86. The maximum atomic E-state index is 12.9. The third kappa shape index (κ3) is 6.24. The van der Waals surface area contributed by atoms with E-state index in [0.29, 0.717) is 6.54 Å². The van der Waals surface area contributed by atoms with Crippen LogP contribution in [-0.2, 0) is 4.74 Å². The SMILES string of the molecule is COCCN(CC(C)C)C(C(C)N)C(F)(F)F. The summed E-state index contributed by atoms with van der Waals surface area (Å²) in [4.78, 5) is 1.36. The van der Waals surface area contributed by atoms with Crippen molar-refractivity contribution in [2.75, 3.05) is 26.8 Å². The molecule has 0 rings (SSSR count). The molecule has 0 fully saturated rings. The summed E-state index contributed by atoms with van der Waals surface area (Å²) in [6.07, 6.45) is -4.31. The Kier molecular flexibility index (Phi) is 7.04. The van der Waals surface area contributed by atoms with Crippen LogP contribution in [0, 0.1) is 5.92 Å². The van der Waals surface area contributed by atoms with E-state index in [9.17, 15) is 13.2 Å². The molecule has 0 heterocycles. The highest BCUT2D eigenvalue weighted by Gasteiger charge is 2.45. The van der Waals surface area contributed by atoms with E-state index in [1.807, 2.05) is 13.8 Å². The van der Waals surface area contributed by atoms with Gasteiger partial charge in [-0.3, -0.25) is 4.90 Å². The van der Waals surface area contributed by atoms with Gasteiger partial charge in [0.25, 0.3) is 0 Å². The van der Waals surface area contributed by atoms with E-state index in [1.54, 1.807) is 0 Å². The summed E-state index contributed by atoms with van der Waals surface area (Å²) in [6, 6.07) is -2.56. The number of rotatable bonds is 7. The van der Waals surface area contributed by atoms with Gasteiger partial charge < -0.3 is 10.5 Å². The summed E-state index contributed by atoms with van der Waals surface area (Å²) in [7, 11) is 1.47. The highest BCUT2D eigenvalue weighted by Crippen LogP contribution is 2.27. The molecule has 3 nitrogen and oxygen atoms in total. The summed E-state index contributed by atoms with van der Waals surface area (Å²) in [5.74, 6) is 0.149. The lowest BCUT2D eigenvalue weighted by molar-refractivity contribution is -0.190. The standard InChI is InChI=1S/C11H23F3N2O/c1-8(2)7-16(5-6-17-4)10(9(3)15)11(12,13)14/h8-10H,5-7,15H2,1-4H3. The number of nitrogens with zero attached hydrogens (tertiary/aromatic N) is 1. The number of ether oxygens (including phenoxy) is 1. The Labute approximate surface area is 101 Å². The minimum Gasteiger partial charge on any atom is -0.383 e. The van der Waals surface area contributed by atoms with Gasteiger partial charge in [0.05, 0.1) is 6.61 Å². The molecule has 0 aliphatic rings. The van der Waals surface area contributed by atoms with Gasteiger partial charge in [-0.25, -0.2) is 0 Å². The fraction of sp³-hybridized carbons (Fsp3) is 1.00. The van der Waals surface area contributed by atoms with Crippen molar-refractivity contribution in [3.63, 3.8) is 0 Å². The molecule has 0 aromatic heterocycles. The molecule has 2 N–H and O–H groups in total. The smallest absolute Gasteiger partial charge is 0.383 e. The first-order chi connectivity index (χ1) is 7.70. The zero-order valence-corrected chi connectivity index (χ0v) is 10.9. The molecule has 0 aliphatic heterocycles. The van der Waals surface area contributed by atoms with Crippen LogP contribution in [0.2, 0.25) is 0 Å². The van der Waals surface area contributed by atoms with E-state index in [4.69, 9.17) is 10.5 Å². The zero-order valence-electron chi connectivity index (χ0n) is 10.9. The Bertz CT molecular complexity index is 207. The number of alkyl halides is 3. The highest BCUT2D eigenvalue weighted by molar-refractivity contribution is 4.86. The molecule has 6 heteroatoms. The first kappa shape index (κ1) is 16.7. The first-order valence-electron chi connectivity index (χ1n) is 5.75. The fourth-order valence-electron chi connectivity index (χ4n) is 1.86. The lowest BCUT2D eigenvalue weighted by Gasteiger charge is -2.36. The van der Waals surface area contributed by atoms with E-state index in [1.165, 1.54) is 18.9 Å². The van der Waals surface area contributed by atoms with Crippen molar-refractivity contribution in [1.29, 1.82) is 0 Å². The van der Waals surface area contributed by atoms with Crippen molar-refractivity contribution >= 4 is 0 Å². The predicted molar refractivity (Wildman–Crippen MR) is 61.8 cm³/mol. The van der Waals surface area contributed by atoms with Crippen LogP contribution < -0.4 is 5.73 Å². The second kappa shape index (κ2) is 7.18. The van der Waals surface area contributed by atoms with E-state index in [-0.39, 0.29) is 19.1 Å². The molecule has 104 valence electrons. The number of halogens is 3. The van der Waals surface area contributed by atoms with E-state index < -0.39 is 18.3 Å². The Morgan fingerprint density at radius 1 is 1.24 bits per heavy atom. The number of hydrogen-bond donors (Lipinski definition) is 1. The van der Waals surface area contributed by atoms with Gasteiger partial charge in [-0.1, -0.05) is 13.8 Å². The van der Waals surface area contributed by atoms with Crippen LogP contribution in [0.15, 0.2) is 0 Å². The van der Waals surface area contributed by atoms with Crippen LogP contribution in [0.25, 0.3) is 0 Å². The monoisotopic (exact) mass is 256 g/mol. The maximum Gasteiger partial charge on any atom is 0.405 e. The molecule has 2 atom stereocenters. The number of methoxy groups -OCH3 is 1. The molecule has 0 saturated heterocycles. The highest BCUT2D eigenvalue weighted by atomic mass is 19.4. The van der Waals surface area contributed by atoms with Gasteiger partial charge in [-0.05, 0) is 12.8 Å². The Morgan fingerprint density at radius 2 is 1.76 bits per heavy atom. The van der Waals surface area contributed by atoms with Gasteiger partial charge in [0.15, 0.2) is 0 Å². The Morgan fingerprint density at radius 3 is 2.06 bits per heavy atom. The molecule has 2 unspecified atom stereocenters. The zero-order chi connectivity index (χ0) is 13.6. The van der Waals surface area contributed by atoms with E-state index in [0.717, 1.165) is 0 Å². The van der Waals surface area contributed by atoms with E-state index >= 15 is 0 Å². The van der Waals surface area contributed by atoms with Crippen molar-refractivity contribution in [2.24, 2.45) is 11.7 Å². The average Bonchev–Trinajstić information content (AvgIpc) is 2.10. The molecule has 17 heavy (non-hydrogen) atoms. The molecule has 0 aromatic rings. The van der Waals surface area contributed by atoms with Crippen LogP contribution in [0.1, 0.15) is 20.8 Å². The van der Waals surface area contributed by atoms with Gasteiger partial charge in [0, 0.05) is 26.2 Å². The molecule has 0 amide bonds. The van der Waals surface area contributed by atoms with Crippen LogP contribution in [0.3, 0.4) is 0 Å². The van der Waals surface area contributed by atoms with Crippen LogP contribution in [0.5, 0.6) is 0 Å². The summed E-state index contributed by atoms with van der Waals surface area (Å²) in [5.41, 5.74) is 5.47. The van der Waals surface area contributed by atoms with E-state index in [2.05, 4.69) is 0 Å². The van der Waals surface area contributed by atoms with Crippen molar-refractivity contribution in [1.82, 2.24) is 4.90 Å². The second-order valence-corrected chi connectivity index (χ2v) is 4.73. The quantitative estimate of drug-likeness (QED) is 0.755. The summed E-state index contributed by atoms with van der Waals surface area (Å²) in [5, 5.41) is 0. The molecule has 0 aliphatic carbocycles. The average molecular weight is 256 g/mol. The molecular formula is C11H23F3N2O. The maximum absolute atomic E-state index is 12.9. The normalized spacial score (nSPS) is 16.6. The van der Waals surface area contributed by atoms with Crippen molar-refractivity contribution in [3.05, 3.63) is 0 Å². The van der Waals surface area contributed by atoms with Gasteiger partial charge in [-0.2, -0.15) is 13.2 Å². The third-order valence-electron chi connectivity index (χ3n) is 2.41. The molecule has 0 bridgehead atoms. The second-order valence-electron chi connectivity index (χ2n) is 4.73. The Hall–Kier alpha value is -0.330. The number of nitrogens with two attached hydrogens (primary N) is 1. The van der Waals surface area contributed by atoms with Crippen LogP contribution >= 0.6 is 0 Å². The summed E-state index contributed by atoms with van der Waals surface area (Å²) in [6.45, 7) is 6.02. The lowest BCUT2D eigenvalue weighted by Crippen LogP contribution is -2.56. The number of hydrogen-bond acceptors (Lipinski definition) is 3. The van der Waals surface area contributed by atoms with Gasteiger partial charge in [0.1, 0.15) is 6.04 Å². The largest absolute Gasteiger partial charge is 0.405 e.